The van der Waals surface area contributed by atoms with Crippen molar-refractivity contribution in [3.8, 4) is 0 Å². The molecular formula is C6H9NNa2O6. The molecule has 0 amide bonds. The zero-order valence-corrected chi connectivity index (χ0v) is 12.9. The fraction of sp³-hybridized carbons (Fsp3) is 0.667. The second-order valence-corrected chi connectivity index (χ2v) is 2.51. The van der Waals surface area contributed by atoms with E-state index in [0.717, 1.165) is 0 Å². The molecule has 15 heavy (non-hydrogen) atoms. The van der Waals surface area contributed by atoms with Gasteiger partial charge in [-0.15, -0.1) is 0 Å². The van der Waals surface area contributed by atoms with E-state index in [9.17, 15) is 19.8 Å². The molecule has 7 nitrogen and oxygen atoms in total. The maximum Gasteiger partial charge on any atom is 1.00 e. The van der Waals surface area contributed by atoms with Crippen LogP contribution in [0.3, 0.4) is 0 Å². The molecule has 0 heterocycles. The molecule has 0 fully saturated rings. The second-order valence-electron chi connectivity index (χ2n) is 2.51. The predicted molar refractivity (Wildman–Crippen MR) is 33.1 cm³/mol. The molecule has 76 valence electrons. The Kier molecular flexibility index (Phi) is 12.6. The van der Waals surface area contributed by atoms with E-state index in [0.29, 0.717) is 0 Å². The third-order valence-corrected chi connectivity index (χ3v) is 1.78. The Morgan fingerprint density at radius 3 is 1.73 bits per heavy atom. The van der Waals surface area contributed by atoms with Gasteiger partial charge in [-0.2, -0.15) is 0 Å². The normalized spacial score (nSPS) is 13.3. The number of carboxylic acid groups (broad SMARTS) is 2. The Hall–Kier alpha value is 0.820. The molecule has 1 atom stereocenters. The number of nitrogens with zero attached hydrogens (tertiary/aromatic N) is 1. The van der Waals surface area contributed by atoms with Crippen molar-refractivity contribution in [3.63, 3.8) is 0 Å². The van der Waals surface area contributed by atoms with Crippen LogP contribution in [0.5, 0.6) is 0 Å². The summed E-state index contributed by atoms with van der Waals surface area (Å²) in [5.74, 6) is -3.59. The van der Waals surface area contributed by atoms with E-state index in [1.807, 2.05) is 0 Å². The van der Waals surface area contributed by atoms with Crippen LogP contribution in [0.15, 0.2) is 0 Å². The van der Waals surface area contributed by atoms with Crippen molar-refractivity contribution in [1.29, 1.82) is 0 Å². The second kappa shape index (κ2) is 8.91. The van der Waals surface area contributed by atoms with Crippen molar-refractivity contribution in [3.05, 3.63) is 0 Å². The molecule has 0 aromatic carbocycles. The number of hydrogen-bond acceptors (Lipinski definition) is 7. The molecule has 2 N–H and O–H groups in total. The van der Waals surface area contributed by atoms with Gasteiger partial charge in [-0.05, 0) is 6.42 Å². The summed E-state index contributed by atoms with van der Waals surface area (Å²) in [6, 6.07) is 0. The summed E-state index contributed by atoms with van der Waals surface area (Å²) < 4.78 is 0. The quantitative estimate of drug-likeness (QED) is 0.359. The molecule has 0 aliphatic heterocycles. The first-order chi connectivity index (χ1) is 5.86. The summed E-state index contributed by atoms with van der Waals surface area (Å²) in [6.45, 7) is 1.28. The SMILES string of the molecule is CC[C@](CC(=O)[O-])(C(=O)[O-])N(O)O.[Na+].[Na+]. The number of carbonyl (C=O) groups excluding carboxylic acids is 2. The van der Waals surface area contributed by atoms with Gasteiger partial charge in [0.25, 0.3) is 0 Å². The molecular weight excluding hydrogens is 228 g/mol. The molecule has 0 unspecified atom stereocenters. The van der Waals surface area contributed by atoms with Crippen molar-refractivity contribution in [2.45, 2.75) is 25.3 Å². The molecule has 0 aromatic heterocycles. The smallest absolute Gasteiger partial charge is 0.550 e. The fourth-order valence-electron chi connectivity index (χ4n) is 0.874. The number of carbonyl (C=O) groups is 2. The summed E-state index contributed by atoms with van der Waals surface area (Å²) in [6.07, 6.45) is -1.39. The van der Waals surface area contributed by atoms with E-state index < -0.39 is 29.1 Å². The first kappa shape index (κ1) is 21.1. The molecule has 0 saturated heterocycles. The third-order valence-electron chi connectivity index (χ3n) is 1.78. The van der Waals surface area contributed by atoms with Crippen molar-refractivity contribution < 1.29 is 89.3 Å². The minimum absolute atomic E-state index is 0. The van der Waals surface area contributed by atoms with Gasteiger partial charge in [-0.3, -0.25) is 10.4 Å². The zero-order valence-electron chi connectivity index (χ0n) is 8.89. The number of hydrogen-bond donors (Lipinski definition) is 2. The maximum absolute atomic E-state index is 10.5. The molecule has 0 aliphatic rings. The monoisotopic (exact) mass is 237 g/mol. The van der Waals surface area contributed by atoms with E-state index in [1.165, 1.54) is 6.92 Å². The first-order valence-electron chi connectivity index (χ1n) is 3.46. The van der Waals surface area contributed by atoms with Gasteiger partial charge in [0.05, 0.1) is 5.97 Å². The number of hydroxylamine groups is 2. The van der Waals surface area contributed by atoms with E-state index in [-0.39, 0.29) is 65.5 Å². The average molecular weight is 237 g/mol. The number of carboxylic acids is 2. The molecule has 9 heteroatoms. The Bertz CT molecular complexity index is 224. The molecule has 0 aromatic rings. The molecule has 0 radical (unpaired) electrons. The van der Waals surface area contributed by atoms with Crippen molar-refractivity contribution in [2.75, 3.05) is 0 Å². The van der Waals surface area contributed by atoms with Gasteiger partial charge in [0.1, 0.15) is 5.54 Å². The van der Waals surface area contributed by atoms with Crippen LogP contribution in [-0.2, 0) is 9.59 Å². The van der Waals surface area contributed by atoms with Crippen LogP contribution in [0.25, 0.3) is 0 Å². The average Bonchev–Trinajstić information content (AvgIpc) is 1.98. The van der Waals surface area contributed by atoms with Crippen LogP contribution in [0, 0.1) is 0 Å². The van der Waals surface area contributed by atoms with Crippen LogP contribution in [0.4, 0.5) is 0 Å². The van der Waals surface area contributed by atoms with Crippen LogP contribution in [0.1, 0.15) is 19.8 Å². The van der Waals surface area contributed by atoms with E-state index >= 15 is 0 Å². The minimum Gasteiger partial charge on any atom is -0.550 e. The van der Waals surface area contributed by atoms with Crippen LogP contribution in [0.2, 0.25) is 0 Å². The van der Waals surface area contributed by atoms with Crippen LogP contribution >= 0.6 is 0 Å². The molecule has 0 saturated carbocycles. The van der Waals surface area contributed by atoms with Crippen molar-refractivity contribution >= 4 is 11.9 Å². The topological polar surface area (TPSA) is 124 Å². The summed E-state index contributed by atoms with van der Waals surface area (Å²) in [5, 5.41) is 37.0. The van der Waals surface area contributed by atoms with E-state index in [4.69, 9.17) is 10.4 Å². The Morgan fingerprint density at radius 2 is 1.67 bits per heavy atom. The fourth-order valence-corrected chi connectivity index (χ4v) is 0.874. The summed E-state index contributed by atoms with van der Waals surface area (Å²) >= 11 is 0. The van der Waals surface area contributed by atoms with Crippen LogP contribution < -0.4 is 69.3 Å². The Labute approximate surface area is 131 Å². The first-order valence-corrected chi connectivity index (χ1v) is 3.46. The molecule has 0 aliphatic carbocycles. The summed E-state index contributed by atoms with van der Waals surface area (Å²) in [4.78, 5) is 20.6. The van der Waals surface area contributed by atoms with Gasteiger partial charge < -0.3 is 19.8 Å². The molecule has 0 spiro atoms. The number of aliphatic carboxylic acids is 2. The maximum atomic E-state index is 10.5. The van der Waals surface area contributed by atoms with Gasteiger partial charge in [0.2, 0.25) is 0 Å². The third kappa shape index (κ3) is 5.62. The molecule has 0 rings (SSSR count). The predicted octanol–water partition coefficient (Wildman–Crippen LogP) is -8.89. The van der Waals surface area contributed by atoms with E-state index in [2.05, 4.69) is 0 Å². The van der Waals surface area contributed by atoms with Gasteiger partial charge in [0, 0.05) is 12.4 Å². The van der Waals surface area contributed by atoms with Crippen molar-refractivity contribution in [1.82, 2.24) is 5.23 Å². The zero-order chi connectivity index (χ0) is 10.6. The van der Waals surface area contributed by atoms with Gasteiger partial charge in [0.15, 0.2) is 0 Å². The standard InChI is InChI=1S/C6H11NO6.2Na/c1-2-6(5(10)11,7(12)13)3-4(8)9;;/h12-13H,2-3H2,1H3,(H,8,9)(H,10,11);;/q;2*+1/p-2/t6-;;/m0../s1. The van der Waals surface area contributed by atoms with Gasteiger partial charge in [-0.25, -0.2) is 0 Å². The largest absolute Gasteiger partial charge is 1.00 e. The Morgan fingerprint density at radius 1 is 1.27 bits per heavy atom. The molecule has 0 bridgehead atoms. The van der Waals surface area contributed by atoms with Gasteiger partial charge in [-0.1, -0.05) is 12.2 Å². The number of rotatable bonds is 5. The summed E-state index contributed by atoms with van der Waals surface area (Å²) in [5.41, 5.74) is -2.35. The van der Waals surface area contributed by atoms with Crippen molar-refractivity contribution in [2.24, 2.45) is 0 Å². The van der Waals surface area contributed by atoms with Crippen LogP contribution in [-0.4, -0.2) is 33.1 Å². The minimum atomic E-state index is -2.35. The summed E-state index contributed by atoms with van der Waals surface area (Å²) in [7, 11) is 0. The van der Waals surface area contributed by atoms with E-state index in [1.54, 1.807) is 0 Å². The Balaban J connectivity index is -0.000000720. The van der Waals surface area contributed by atoms with Gasteiger partial charge >= 0.3 is 59.1 Å².